The van der Waals surface area contributed by atoms with Gasteiger partial charge in [0.25, 0.3) is 0 Å². The molecule has 0 aliphatic heterocycles. The predicted octanol–water partition coefficient (Wildman–Crippen LogP) is 2.32. The van der Waals surface area contributed by atoms with Crippen LogP contribution in [0.5, 0.6) is 0 Å². The molecule has 0 aromatic heterocycles. The summed E-state index contributed by atoms with van der Waals surface area (Å²) in [5, 5.41) is 5.87. The van der Waals surface area contributed by atoms with Crippen LogP contribution in [-0.4, -0.2) is 18.5 Å². The number of carbonyl (C=O) groups is 1. The van der Waals surface area contributed by atoms with Crippen molar-refractivity contribution in [2.75, 3.05) is 17.2 Å². The lowest BCUT2D eigenvalue weighted by atomic mass is 10.0. The molecule has 5 heteroatoms. The van der Waals surface area contributed by atoms with Gasteiger partial charge in [0, 0.05) is 18.7 Å². The van der Waals surface area contributed by atoms with E-state index in [1.54, 1.807) is 12.1 Å². The lowest BCUT2D eigenvalue weighted by molar-refractivity contribution is -0.114. The minimum absolute atomic E-state index is 0.168. The van der Waals surface area contributed by atoms with E-state index in [9.17, 15) is 9.18 Å². The van der Waals surface area contributed by atoms with E-state index in [1.165, 1.54) is 13.0 Å². The molecule has 1 fully saturated rings. The molecule has 0 spiro atoms. The number of halogens is 1. The average molecular weight is 265 g/mol. The largest absolute Gasteiger partial charge is 0.380 e. The maximum Gasteiger partial charge on any atom is 0.221 e. The Morgan fingerprint density at radius 1 is 1.47 bits per heavy atom. The molecule has 104 valence electrons. The van der Waals surface area contributed by atoms with Crippen LogP contribution in [0.1, 0.15) is 26.2 Å². The third-order valence-corrected chi connectivity index (χ3v) is 3.59. The highest BCUT2D eigenvalue weighted by Crippen LogP contribution is 2.29. The normalized spacial score (nSPS) is 22.3. The summed E-state index contributed by atoms with van der Waals surface area (Å²) in [6, 6.07) is 4.76. The van der Waals surface area contributed by atoms with Crippen LogP contribution in [0.25, 0.3) is 0 Å². The molecule has 1 aromatic carbocycles. The first-order valence-corrected chi connectivity index (χ1v) is 6.64. The SMILES string of the molecule is CC(=O)Nc1ccc(F)c(NC2CCCC2CN)c1. The second-order valence-corrected chi connectivity index (χ2v) is 5.05. The summed E-state index contributed by atoms with van der Waals surface area (Å²) in [4.78, 5) is 11.0. The number of rotatable bonds is 4. The maximum atomic E-state index is 13.8. The fourth-order valence-corrected chi connectivity index (χ4v) is 2.63. The number of carbonyl (C=O) groups excluding carboxylic acids is 1. The first kappa shape index (κ1) is 13.8. The Balaban J connectivity index is 2.12. The molecule has 2 rings (SSSR count). The van der Waals surface area contributed by atoms with Crippen molar-refractivity contribution in [3.8, 4) is 0 Å². The van der Waals surface area contributed by atoms with E-state index in [1.807, 2.05) is 0 Å². The summed E-state index contributed by atoms with van der Waals surface area (Å²) in [6.07, 6.45) is 3.21. The van der Waals surface area contributed by atoms with Gasteiger partial charge in [-0.2, -0.15) is 0 Å². The van der Waals surface area contributed by atoms with Crippen molar-refractivity contribution in [2.45, 2.75) is 32.2 Å². The van der Waals surface area contributed by atoms with Crippen LogP contribution in [0, 0.1) is 11.7 Å². The van der Waals surface area contributed by atoms with E-state index in [0.29, 0.717) is 23.8 Å². The molecule has 0 saturated heterocycles. The van der Waals surface area contributed by atoms with Gasteiger partial charge in [0.1, 0.15) is 5.82 Å². The zero-order valence-corrected chi connectivity index (χ0v) is 11.1. The van der Waals surface area contributed by atoms with Crippen molar-refractivity contribution in [2.24, 2.45) is 11.7 Å². The van der Waals surface area contributed by atoms with Gasteiger partial charge in [-0.1, -0.05) is 6.42 Å². The molecule has 2 atom stereocenters. The number of hydrogen-bond donors (Lipinski definition) is 3. The molecule has 1 amide bonds. The quantitative estimate of drug-likeness (QED) is 0.782. The Bertz CT molecular complexity index is 464. The van der Waals surface area contributed by atoms with E-state index in [4.69, 9.17) is 5.73 Å². The van der Waals surface area contributed by atoms with Gasteiger partial charge in [0.2, 0.25) is 5.91 Å². The lowest BCUT2D eigenvalue weighted by Gasteiger charge is -2.21. The van der Waals surface area contributed by atoms with E-state index < -0.39 is 0 Å². The molecule has 19 heavy (non-hydrogen) atoms. The molecule has 1 aromatic rings. The summed E-state index contributed by atoms with van der Waals surface area (Å²) in [5.41, 5.74) is 6.74. The van der Waals surface area contributed by atoms with Gasteiger partial charge >= 0.3 is 0 Å². The third-order valence-electron chi connectivity index (χ3n) is 3.59. The van der Waals surface area contributed by atoms with Crippen LogP contribution in [0.4, 0.5) is 15.8 Å². The van der Waals surface area contributed by atoms with Crippen molar-refractivity contribution in [3.63, 3.8) is 0 Å². The number of hydrogen-bond acceptors (Lipinski definition) is 3. The lowest BCUT2D eigenvalue weighted by Crippen LogP contribution is -2.29. The van der Waals surface area contributed by atoms with E-state index >= 15 is 0 Å². The Kier molecular flexibility index (Phi) is 4.37. The molecule has 1 aliphatic rings. The van der Waals surface area contributed by atoms with Crippen LogP contribution in [-0.2, 0) is 4.79 Å². The standard InChI is InChI=1S/C14H20FN3O/c1-9(19)17-11-5-6-12(15)14(7-11)18-13-4-2-3-10(13)8-16/h5-7,10,13,18H,2-4,8,16H2,1H3,(H,17,19). The van der Waals surface area contributed by atoms with E-state index in [0.717, 1.165) is 19.3 Å². The summed E-state index contributed by atoms with van der Waals surface area (Å²) >= 11 is 0. The monoisotopic (exact) mass is 265 g/mol. The zero-order chi connectivity index (χ0) is 13.8. The van der Waals surface area contributed by atoms with Gasteiger partial charge in [-0.05, 0) is 43.5 Å². The molecule has 0 heterocycles. The fourth-order valence-electron chi connectivity index (χ4n) is 2.63. The van der Waals surface area contributed by atoms with Crippen LogP contribution in [0.15, 0.2) is 18.2 Å². The summed E-state index contributed by atoms with van der Waals surface area (Å²) in [7, 11) is 0. The zero-order valence-electron chi connectivity index (χ0n) is 11.1. The predicted molar refractivity (Wildman–Crippen MR) is 74.5 cm³/mol. The highest BCUT2D eigenvalue weighted by atomic mass is 19.1. The molecular weight excluding hydrogens is 245 g/mol. The number of amides is 1. The maximum absolute atomic E-state index is 13.8. The minimum Gasteiger partial charge on any atom is -0.380 e. The molecule has 4 N–H and O–H groups in total. The first-order valence-electron chi connectivity index (χ1n) is 6.64. The average Bonchev–Trinajstić information content (AvgIpc) is 2.80. The van der Waals surface area contributed by atoms with Crippen molar-refractivity contribution in [1.82, 2.24) is 0 Å². The molecule has 0 radical (unpaired) electrons. The molecule has 1 saturated carbocycles. The van der Waals surface area contributed by atoms with Gasteiger partial charge in [0.05, 0.1) is 5.69 Å². The third kappa shape index (κ3) is 3.44. The van der Waals surface area contributed by atoms with Gasteiger partial charge in [-0.25, -0.2) is 4.39 Å². The van der Waals surface area contributed by atoms with Crippen LogP contribution in [0.3, 0.4) is 0 Å². The van der Waals surface area contributed by atoms with Gasteiger partial charge < -0.3 is 16.4 Å². The van der Waals surface area contributed by atoms with Crippen LogP contribution >= 0.6 is 0 Å². The van der Waals surface area contributed by atoms with E-state index in [-0.39, 0.29) is 17.8 Å². The minimum atomic E-state index is -0.309. The summed E-state index contributed by atoms with van der Waals surface area (Å²) in [6.45, 7) is 2.04. The molecule has 2 unspecified atom stereocenters. The van der Waals surface area contributed by atoms with Crippen LogP contribution < -0.4 is 16.4 Å². The molecule has 1 aliphatic carbocycles. The van der Waals surface area contributed by atoms with Crippen LogP contribution in [0.2, 0.25) is 0 Å². The molecule has 0 bridgehead atoms. The first-order chi connectivity index (χ1) is 9.10. The van der Waals surface area contributed by atoms with Gasteiger partial charge in [-0.15, -0.1) is 0 Å². The summed E-state index contributed by atoms with van der Waals surface area (Å²) < 4.78 is 13.8. The number of benzene rings is 1. The molecular formula is C14H20FN3O. The Hall–Kier alpha value is -1.62. The Labute approximate surface area is 112 Å². The smallest absolute Gasteiger partial charge is 0.221 e. The van der Waals surface area contributed by atoms with E-state index in [2.05, 4.69) is 10.6 Å². The van der Waals surface area contributed by atoms with Gasteiger partial charge in [-0.3, -0.25) is 4.79 Å². The topological polar surface area (TPSA) is 67.2 Å². The fraction of sp³-hybridized carbons (Fsp3) is 0.500. The number of anilines is 2. The van der Waals surface area contributed by atoms with Crippen molar-refractivity contribution < 1.29 is 9.18 Å². The number of nitrogens with two attached hydrogens (primary N) is 1. The highest BCUT2D eigenvalue weighted by molar-refractivity contribution is 5.89. The van der Waals surface area contributed by atoms with Crippen molar-refractivity contribution in [1.29, 1.82) is 0 Å². The second-order valence-electron chi connectivity index (χ2n) is 5.05. The highest BCUT2D eigenvalue weighted by Gasteiger charge is 2.26. The summed E-state index contributed by atoms with van der Waals surface area (Å²) in [5.74, 6) is -0.0844. The second kappa shape index (κ2) is 6.02. The van der Waals surface area contributed by atoms with Gasteiger partial charge in [0.15, 0.2) is 0 Å². The molecule has 4 nitrogen and oxygen atoms in total. The Morgan fingerprint density at radius 2 is 2.26 bits per heavy atom. The van der Waals surface area contributed by atoms with Crippen molar-refractivity contribution >= 4 is 17.3 Å². The van der Waals surface area contributed by atoms with Crippen molar-refractivity contribution in [3.05, 3.63) is 24.0 Å². The number of nitrogens with one attached hydrogen (secondary N) is 2. The Morgan fingerprint density at radius 3 is 2.95 bits per heavy atom.